The van der Waals surface area contributed by atoms with E-state index in [2.05, 4.69) is 30.9 Å². The molecule has 0 fully saturated rings. The van der Waals surface area contributed by atoms with Gasteiger partial charge >= 0.3 is 0 Å². The van der Waals surface area contributed by atoms with E-state index in [1.54, 1.807) is 10.7 Å². The number of fused-ring (bicyclic) bond motifs is 1. The van der Waals surface area contributed by atoms with E-state index in [0.29, 0.717) is 11.3 Å². The number of carbonyl (C=O) groups is 1. The molecule has 0 spiro atoms. The van der Waals surface area contributed by atoms with Crippen LogP contribution in [0.4, 0.5) is 0 Å². The smallest absolute Gasteiger partial charge is 0.179 e. The van der Waals surface area contributed by atoms with E-state index >= 15 is 0 Å². The van der Waals surface area contributed by atoms with Gasteiger partial charge < -0.3 is 0 Å². The molecule has 2 heterocycles. The first kappa shape index (κ1) is 10.8. The number of nitrogens with zero attached hydrogens (tertiary/aromatic N) is 3. The third-order valence-corrected chi connectivity index (χ3v) is 2.49. The Balaban J connectivity index is 2.68. The Labute approximate surface area is 94.3 Å². The lowest BCUT2D eigenvalue weighted by Crippen LogP contribution is -2.16. The monoisotopic (exact) mass is 217 g/mol. The van der Waals surface area contributed by atoms with Crippen LogP contribution in [0.1, 0.15) is 43.9 Å². The normalized spacial score (nSPS) is 12.0. The largest absolute Gasteiger partial charge is 0.293 e. The van der Waals surface area contributed by atoms with E-state index in [4.69, 9.17) is 0 Å². The molecule has 0 unspecified atom stereocenters. The van der Waals surface area contributed by atoms with Crippen molar-refractivity contribution in [2.75, 3.05) is 0 Å². The number of hydrogen-bond acceptors (Lipinski definition) is 3. The van der Waals surface area contributed by atoms with Crippen molar-refractivity contribution in [2.24, 2.45) is 0 Å². The van der Waals surface area contributed by atoms with E-state index in [-0.39, 0.29) is 11.2 Å². The Morgan fingerprint density at radius 2 is 2.00 bits per heavy atom. The van der Waals surface area contributed by atoms with Crippen LogP contribution in [0.3, 0.4) is 0 Å². The van der Waals surface area contributed by atoms with Crippen molar-refractivity contribution in [1.82, 2.24) is 14.6 Å². The molecule has 2 rings (SSSR count). The van der Waals surface area contributed by atoms with Gasteiger partial charge in [-0.3, -0.25) is 4.79 Å². The van der Waals surface area contributed by atoms with Crippen LogP contribution in [-0.4, -0.2) is 20.4 Å². The number of hydrogen-bond donors (Lipinski definition) is 0. The van der Waals surface area contributed by atoms with Crippen LogP contribution in [0, 0.1) is 0 Å². The second-order valence-electron chi connectivity index (χ2n) is 4.94. The lowest BCUT2D eigenvalue weighted by molar-refractivity contribution is 0.101. The number of Topliss-reactive ketones (excluding diaryl/α,β-unsaturated/α-hetero) is 1. The maximum Gasteiger partial charge on any atom is 0.179 e. The molecule has 2 aromatic heterocycles. The summed E-state index contributed by atoms with van der Waals surface area (Å²) in [5.41, 5.74) is 2.15. The fourth-order valence-electron chi connectivity index (χ4n) is 1.51. The van der Waals surface area contributed by atoms with Gasteiger partial charge in [0.25, 0.3) is 0 Å². The molecular weight excluding hydrogens is 202 g/mol. The zero-order valence-corrected chi connectivity index (χ0v) is 9.98. The van der Waals surface area contributed by atoms with Crippen LogP contribution in [0.25, 0.3) is 5.65 Å². The standard InChI is InChI=1S/C12H15N3O/c1-8(16)9-7-13-11-6-5-10(12(2,3)4)14-15(9)11/h5-7H,1-4H3. The molecule has 0 bridgehead atoms. The van der Waals surface area contributed by atoms with E-state index in [1.165, 1.54) is 6.92 Å². The van der Waals surface area contributed by atoms with E-state index in [0.717, 1.165) is 5.69 Å². The summed E-state index contributed by atoms with van der Waals surface area (Å²) in [6.07, 6.45) is 1.57. The Kier molecular flexibility index (Phi) is 2.30. The molecule has 0 amide bonds. The third-order valence-electron chi connectivity index (χ3n) is 2.49. The fraction of sp³-hybridized carbons (Fsp3) is 0.417. The summed E-state index contributed by atoms with van der Waals surface area (Å²) in [5.74, 6) is -0.0222. The summed E-state index contributed by atoms with van der Waals surface area (Å²) in [4.78, 5) is 15.5. The van der Waals surface area contributed by atoms with Crippen molar-refractivity contribution < 1.29 is 4.79 Å². The molecule has 0 N–H and O–H groups in total. The van der Waals surface area contributed by atoms with Crippen LogP contribution in [-0.2, 0) is 5.41 Å². The average molecular weight is 217 g/mol. The van der Waals surface area contributed by atoms with Gasteiger partial charge in [0.15, 0.2) is 11.4 Å². The molecule has 16 heavy (non-hydrogen) atoms. The van der Waals surface area contributed by atoms with E-state index < -0.39 is 0 Å². The summed E-state index contributed by atoms with van der Waals surface area (Å²) in [6, 6.07) is 3.84. The predicted octanol–water partition coefficient (Wildman–Crippen LogP) is 2.23. The third kappa shape index (κ3) is 1.71. The SMILES string of the molecule is CC(=O)c1cnc2ccc(C(C)(C)C)nn12. The number of ketones is 1. The minimum Gasteiger partial charge on any atom is -0.293 e. The molecule has 0 radical (unpaired) electrons. The van der Waals surface area contributed by atoms with E-state index in [9.17, 15) is 4.79 Å². The van der Waals surface area contributed by atoms with Crippen molar-refractivity contribution in [1.29, 1.82) is 0 Å². The summed E-state index contributed by atoms with van der Waals surface area (Å²) >= 11 is 0. The summed E-state index contributed by atoms with van der Waals surface area (Å²) in [5, 5.41) is 4.46. The summed E-state index contributed by atoms with van der Waals surface area (Å²) < 4.78 is 1.61. The molecule has 4 heteroatoms. The molecule has 0 aliphatic heterocycles. The van der Waals surface area contributed by atoms with Gasteiger partial charge in [0.1, 0.15) is 5.69 Å². The molecule has 0 aromatic carbocycles. The highest BCUT2D eigenvalue weighted by Gasteiger charge is 2.17. The van der Waals surface area contributed by atoms with E-state index in [1.807, 2.05) is 12.1 Å². The van der Waals surface area contributed by atoms with Gasteiger partial charge in [-0.2, -0.15) is 5.10 Å². The van der Waals surface area contributed by atoms with Gasteiger partial charge in [-0.15, -0.1) is 0 Å². The Morgan fingerprint density at radius 1 is 1.31 bits per heavy atom. The van der Waals surface area contributed by atoms with Crippen molar-refractivity contribution in [3.8, 4) is 0 Å². The summed E-state index contributed by atoms with van der Waals surface area (Å²) in [6.45, 7) is 7.79. The number of carbonyl (C=O) groups excluding carboxylic acids is 1. The van der Waals surface area contributed by atoms with Gasteiger partial charge in [0.2, 0.25) is 0 Å². The van der Waals surface area contributed by atoms with Crippen LogP contribution >= 0.6 is 0 Å². The van der Waals surface area contributed by atoms with Crippen LogP contribution in [0.2, 0.25) is 0 Å². The van der Waals surface area contributed by atoms with Crippen molar-refractivity contribution in [3.63, 3.8) is 0 Å². The minimum atomic E-state index is -0.0352. The summed E-state index contributed by atoms with van der Waals surface area (Å²) in [7, 11) is 0. The van der Waals surface area contributed by atoms with Gasteiger partial charge in [-0.1, -0.05) is 20.8 Å². The lowest BCUT2D eigenvalue weighted by Gasteiger charge is -2.17. The molecule has 0 atom stereocenters. The highest BCUT2D eigenvalue weighted by Crippen LogP contribution is 2.20. The van der Waals surface area contributed by atoms with Gasteiger partial charge in [-0.25, -0.2) is 9.50 Å². The zero-order valence-electron chi connectivity index (χ0n) is 9.98. The van der Waals surface area contributed by atoms with Crippen molar-refractivity contribution in [2.45, 2.75) is 33.1 Å². The maximum atomic E-state index is 11.4. The first-order chi connectivity index (χ1) is 7.39. The predicted molar refractivity (Wildman–Crippen MR) is 61.7 cm³/mol. The Hall–Kier alpha value is -1.71. The molecule has 0 aliphatic rings. The quantitative estimate of drug-likeness (QED) is 0.688. The second-order valence-corrected chi connectivity index (χ2v) is 4.94. The molecule has 84 valence electrons. The molecule has 2 aromatic rings. The zero-order chi connectivity index (χ0) is 11.9. The molecule has 0 aliphatic carbocycles. The minimum absolute atomic E-state index is 0.0222. The Morgan fingerprint density at radius 3 is 2.56 bits per heavy atom. The van der Waals surface area contributed by atoms with Gasteiger partial charge in [0, 0.05) is 12.3 Å². The molecular formula is C12H15N3O. The first-order valence-electron chi connectivity index (χ1n) is 5.26. The van der Waals surface area contributed by atoms with Gasteiger partial charge in [0.05, 0.1) is 11.9 Å². The first-order valence-corrected chi connectivity index (χ1v) is 5.26. The number of aromatic nitrogens is 3. The second kappa shape index (κ2) is 3.40. The van der Waals surface area contributed by atoms with Crippen LogP contribution in [0.15, 0.2) is 18.3 Å². The fourth-order valence-corrected chi connectivity index (χ4v) is 1.51. The highest BCUT2D eigenvalue weighted by molar-refractivity contribution is 5.92. The highest BCUT2D eigenvalue weighted by atomic mass is 16.1. The topological polar surface area (TPSA) is 47.3 Å². The average Bonchev–Trinajstić information content (AvgIpc) is 2.58. The molecule has 0 saturated carbocycles. The van der Waals surface area contributed by atoms with Crippen LogP contribution in [0.5, 0.6) is 0 Å². The van der Waals surface area contributed by atoms with Crippen molar-refractivity contribution >= 4 is 11.4 Å². The molecule has 4 nitrogen and oxygen atoms in total. The molecule has 0 saturated heterocycles. The van der Waals surface area contributed by atoms with Crippen molar-refractivity contribution in [3.05, 3.63) is 29.7 Å². The number of rotatable bonds is 1. The number of imidazole rings is 1. The Bertz CT molecular complexity index is 549. The van der Waals surface area contributed by atoms with Crippen LogP contribution < -0.4 is 0 Å². The lowest BCUT2D eigenvalue weighted by atomic mass is 9.92. The van der Waals surface area contributed by atoms with Gasteiger partial charge in [-0.05, 0) is 12.1 Å². The maximum absolute atomic E-state index is 11.4.